The number of carbonyl (C=O) groups is 2. The van der Waals surface area contributed by atoms with Gasteiger partial charge in [-0.15, -0.1) is 0 Å². The molecule has 7 nitrogen and oxygen atoms in total. The lowest BCUT2D eigenvalue weighted by molar-refractivity contribution is -0.140. The number of benzene rings is 2. The standard InChI is InChI=1S/C25H30N2O5/c1-5-26(6-2)14-15-27-22(19-12-7-8-13-20(19)32-4)21(24(29)25(27)30)23(28)17-10-9-11-18(16-17)31-3/h7-13,16,22,28H,5-6,14-15H2,1-4H3/b23-21-. The van der Waals surface area contributed by atoms with Crippen LogP contribution in [0, 0.1) is 0 Å². The molecule has 1 heterocycles. The van der Waals surface area contributed by atoms with Crippen molar-refractivity contribution in [2.24, 2.45) is 0 Å². The lowest BCUT2D eigenvalue weighted by atomic mass is 9.94. The molecule has 0 aromatic heterocycles. The Kier molecular flexibility index (Phi) is 7.53. The maximum atomic E-state index is 13.2. The molecule has 1 saturated heterocycles. The summed E-state index contributed by atoms with van der Waals surface area (Å²) in [6.07, 6.45) is 0. The van der Waals surface area contributed by atoms with Crippen LogP contribution in [0.5, 0.6) is 11.5 Å². The summed E-state index contributed by atoms with van der Waals surface area (Å²) in [5.41, 5.74) is 1.11. The van der Waals surface area contributed by atoms with E-state index in [1.165, 1.54) is 12.0 Å². The Labute approximate surface area is 188 Å². The van der Waals surface area contributed by atoms with E-state index in [0.29, 0.717) is 35.7 Å². The molecule has 1 N–H and O–H groups in total. The van der Waals surface area contributed by atoms with Crippen LogP contribution >= 0.6 is 0 Å². The van der Waals surface area contributed by atoms with Crippen LogP contribution < -0.4 is 9.47 Å². The van der Waals surface area contributed by atoms with E-state index in [2.05, 4.69) is 18.7 Å². The zero-order valence-electron chi connectivity index (χ0n) is 19.0. The third kappa shape index (κ3) is 4.48. The predicted octanol–water partition coefficient (Wildman–Crippen LogP) is 3.47. The average molecular weight is 439 g/mol. The minimum atomic E-state index is -0.757. The normalized spacial score (nSPS) is 17.8. The fourth-order valence-corrected chi connectivity index (χ4v) is 4.04. The first-order valence-corrected chi connectivity index (χ1v) is 10.7. The summed E-state index contributed by atoms with van der Waals surface area (Å²) >= 11 is 0. The molecule has 0 saturated carbocycles. The van der Waals surface area contributed by atoms with Gasteiger partial charge in [0.2, 0.25) is 0 Å². The van der Waals surface area contributed by atoms with Crippen molar-refractivity contribution in [3.05, 3.63) is 65.2 Å². The van der Waals surface area contributed by atoms with Gasteiger partial charge in [-0.05, 0) is 31.3 Å². The number of methoxy groups -OCH3 is 2. The van der Waals surface area contributed by atoms with Crippen LogP contribution in [0.1, 0.15) is 31.0 Å². The Balaban J connectivity index is 2.15. The highest BCUT2D eigenvalue weighted by molar-refractivity contribution is 6.46. The zero-order chi connectivity index (χ0) is 23.3. The van der Waals surface area contributed by atoms with Crippen LogP contribution in [0.3, 0.4) is 0 Å². The van der Waals surface area contributed by atoms with Gasteiger partial charge in [0.25, 0.3) is 11.7 Å². The molecule has 2 aromatic carbocycles. The van der Waals surface area contributed by atoms with Gasteiger partial charge in [-0.1, -0.05) is 44.2 Å². The molecule has 32 heavy (non-hydrogen) atoms. The minimum absolute atomic E-state index is 0.0484. The molecule has 0 aliphatic carbocycles. The number of amides is 1. The van der Waals surface area contributed by atoms with Crippen molar-refractivity contribution in [1.29, 1.82) is 0 Å². The van der Waals surface area contributed by atoms with Gasteiger partial charge >= 0.3 is 0 Å². The van der Waals surface area contributed by atoms with Crippen molar-refractivity contribution in [3.63, 3.8) is 0 Å². The molecule has 7 heteroatoms. The Bertz CT molecular complexity index is 1010. The smallest absolute Gasteiger partial charge is 0.295 e. The van der Waals surface area contributed by atoms with E-state index in [0.717, 1.165) is 13.1 Å². The number of hydrogen-bond acceptors (Lipinski definition) is 6. The second kappa shape index (κ2) is 10.3. The molecule has 1 fully saturated rings. The third-order valence-electron chi connectivity index (χ3n) is 5.87. The van der Waals surface area contributed by atoms with Crippen molar-refractivity contribution in [2.45, 2.75) is 19.9 Å². The van der Waals surface area contributed by atoms with Gasteiger partial charge in [-0.2, -0.15) is 0 Å². The zero-order valence-corrected chi connectivity index (χ0v) is 19.0. The first-order chi connectivity index (χ1) is 15.5. The number of aliphatic hydroxyl groups excluding tert-OH is 1. The van der Waals surface area contributed by atoms with Crippen molar-refractivity contribution < 1.29 is 24.2 Å². The van der Waals surface area contributed by atoms with E-state index < -0.39 is 17.7 Å². The predicted molar refractivity (Wildman–Crippen MR) is 123 cm³/mol. The molecule has 1 atom stereocenters. The fourth-order valence-electron chi connectivity index (χ4n) is 4.04. The van der Waals surface area contributed by atoms with Crippen molar-refractivity contribution in [1.82, 2.24) is 9.80 Å². The highest BCUT2D eigenvalue weighted by atomic mass is 16.5. The monoisotopic (exact) mass is 438 g/mol. The Morgan fingerprint density at radius 1 is 1.03 bits per heavy atom. The fraction of sp³-hybridized carbons (Fsp3) is 0.360. The number of likely N-dealkylation sites (tertiary alicyclic amines) is 1. The summed E-state index contributed by atoms with van der Waals surface area (Å²) in [4.78, 5) is 30.0. The van der Waals surface area contributed by atoms with E-state index in [1.807, 2.05) is 18.2 Å². The molecule has 1 unspecified atom stereocenters. The van der Waals surface area contributed by atoms with Crippen LogP contribution in [-0.4, -0.2) is 67.0 Å². The number of rotatable bonds is 9. The van der Waals surface area contributed by atoms with E-state index in [-0.39, 0.29) is 11.3 Å². The molecule has 1 amide bonds. The maximum Gasteiger partial charge on any atom is 0.295 e. The number of ether oxygens (including phenoxy) is 2. The first kappa shape index (κ1) is 23.3. The lowest BCUT2D eigenvalue weighted by Crippen LogP contribution is -2.38. The molecular weight excluding hydrogens is 408 g/mol. The van der Waals surface area contributed by atoms with Gasteiger partial charge in [0.05, 0.1) is 25.8 Å². The summed E-state index contributed by atoms with van der Waals surface area (Å²) in [6.45, 7) is 6.75. The highest BCUT2D eigenvalue weighted by Crippen LogP contribution is 2.42. The second-order valence-corrected chi connectivity index (χ2v) is 7.49. The quantitative estimate of drug-likeness (QED) is 0.367. The second-order valence-electron chi connectivity index (χ2n) is 7.49. The number of Topliss-reactive ketones (excluding diaryl/α,β-unsaturated/α-hetero) is 1. The van der Waals surface area contributed by atoms with Crippen LogP contribution in [0.15, 0.2) is 54.1 Å². The third-order valence-corrected chi connectivity index (χ3v) is 5.87. The van der Waals surface area contributed by atoms with E-state index in [1.54, 1.807) is 37.4 Å². The number of hydrogen-bond donors (Lipinski definition) is 1. The van der Waals surface area contributed by atoms with Gasteiger partial charge in [0.1, 0.15) is 17.3 Å². The van der Waals surface area contributed by atoms with E-state index in [9.17, 15) is 14.7 Å². The summed E-state index contributed by atoms with van der Waals surface area (Å²) in [5.74, 6) is -0.482. The minimum Gasteiger partial charge on any atom is -0.507 e. The van der Waals surface area contributed by atoms with Gasteiger partial charge in [-0.3, -0.25) is 9.59 Å². The highest BCUT2D eigenvalue weighted by Gasteiger charge is 2.46. The Morgan fingerprint density at radius 2 is 1.75 bits per heavy atom. The van der Waals surface area contributed by atoms with Crippen LogP contribution in [0.25, 0.3) is 5.76 Å². The number of aliphatic hydroxyl groups is 1. The molecule has 2 aromatic rings. The molecule has 1 aliphatic rings. The van der Waals surface area contributed by atoms with Crippen molar-refractivity contribution in [2.75, 3.05) is 40.4 Å². The molecule has 0 spiro atoms. The molecular formula is C25H30N2O5. The summed E-state index contributed by atoms with van der Waals surface area (Å²) in [5, 5.41) is 11.2. The molecule has 3 rings (SSSR count). The Hall–Kier alpha value is -3.32. The molecule has 0 bridgehead atoms. The molecule has 1 aliphatic heterocycles. The topological polar surface area (TPSA) is 79.3 Å². The van der Waals surface area contributed by atoms with E-state index >= 15 is 0 Å². The lowest BCUT2D eigenvalue weighted by Gasteiger charge is -2.29. The van der Waals surface area contributed by atoms with E-state index in [4.69, 9.17) is 9.47 Å². The molecule has 170 valence electrons. The maximum absolute atomic E-state index is 13.2. The number of carbonyl (C=O) groups excluding carboxylic acids is 2. The number of ketones is 1. The average Bonchev–Trinajstić information content (AvgIpc) is 3.09. The largest absolute Gasteiger partial charge is 0.507 e. The van der Waals surface area contributed by atoms with Gasteiger partial charge in [-0.25, -0.2) is 0 Å². The van der Waals surface area contributed by atoms with Gasteiger partial charge in [0, 0.05) is 24.2 Å². The van der Waals surface area contributed by atoms with Crippen LogP contribution in [0.2, 0.25) is 0 Å². The van der Waals surface area contributed by atoms with Crippen molar-refractivity contribution >= 4 is 17.4 Å². The summed E-state index contributed by atoms with van der Waals surface area (Å²) in [6, 6.07) is 13.3. The number of para-hydroxylation sites is 1. The van der Waals surface area contributed by atoms with Crippen LogP contribution in [-0.2, 0) is 9.59 Å². The number of nitrogens with zero attached hydrogens (tertiary/aromatic N) is 2. The van der Waals surface area contributed by atoms with Gasteiger partial charge < -0.3 is 24.4 Å². The first-order valence-electron chi connectivity index (χ1n) is 10.7. The SMILES string of the molecule is CCN(CC)CCN1C(=O)C(=O)/C(=C(\O)c2cccc(OC)c2)C1c1ccccc1OC. The van der Waals surface area contributed by atoms with Crippen molar-refractivity contribution in [3.8, 4) is 11.5 Å². The Morgan fingerprint density at radius 3 is 2.41 bits per heavy atom. The number of likely N-dealkylation sites (N-methyl/N-ethyl adjacent to an activating group) is 1. The van der Waals surface area contributed by atoms with Crippen LogP contribution in [0.4, 0.5) is 0 Å². The summed E-state index contributed by atoms with van der Waals surface area (Å²) < 4.78 is 10.8. The summed E-state index contributed by atoms with van der Waals surface area (Å²) in [7, 11) is 3.07. The van der Waals surface area contributed by atoms with Gasteiger partial charge in [0.15, 0.2) is 0 Å². The molecule has 0 radical (unpaired) electrons.